The van der Waals surface area contributed by atoms with Crippen LogP contribution < -0.4 is 5.32 Å². The van der Waals surface area contributed by atoms with Crippen LogP contribution in [-0.4, -0.2) is 30.0 Å². The summed E-state index contributed by atoms with van der Waals surface area (Å²) in [7, 11) is 0. The molecule has 0 heterocycles. The van der Waals surface area contributed by atoms with Crippen molar-refractivity contribution < 1.29 is 9.53 Å². The van der Waals surface area contributed by atoms with Gasteiger partial charge in [0.1, 0.15) is 6.61 Å². The van der Waals surface area contributed by atoms with Crippen molar-refractivity contribution in [3.05, 3.63) is 0 Å². The van der Waals surface area contributed by atoms with E-state index in [1.54, 1.807) is 0 Å². The topological polar surface area (TPSA) is 38.3 Å². The lowest BCUT2D eigenvalue weighted by Crippen LogP contribution is -2.48. The zero-order valence-electron chi connectivity index (χ0n) is 9.39. The first-order valence-electron chi connectivity index (χ1n) is 4.92. The van der Waals surface area contributed by atoms with Gasteiger partial charge in [-0.05, 0) is 27.2 Å². The first-order valence-corrected chi connectivity index (χ1v) is 5.45. The molecule has 14 heavy (non-hydrogen) atoms. The van der Waals surface area contributed by atoms with Crippen molar-refractivity contribution in [3.8, 4) is 0 Å². The highest BCUT2D eigenvalue weighted by Gasteiger charge is 2.22. The lowest BCUT2D eigenvalue weighted by atomic mass is 10.0. The molecule has 0 radical (unpaired) electrons. The van der Waals surface area contributed by atoms with Crippen LogP contribution in [0.5, 0.6) is 0 Å². The molecule has 1 atom stereocenters. The molecule has 0 aliphatic rings. The molecule has 0 aromatic heterocycles. The Morgan fingerprint density at radius 3 is 2.50 bits per heavy atom. The van der Waals surface area contributed by atoms with Crippen molar-refractivity contribution in [2.24, 2.45) is 0 Å². The van der Waals surface area contributed by atoms with E-state index in [2.05, 4.69) is 5.32 Å². The van der Waals surface area contributed by atoms with Gasteiger partial charge in [-0.2, -0.15) is 0 Å². The van der Waals surface area contributed by atoms with E-state index < -0.39 is 0 Å². The minimum absolute atomic E-state index is 0.0737. The SMILES string of the molecule is CCC(C)(CCl)NC(=O)COC(C)C. The maximum absolute atomic E-state index is 11.4. The minimum Gasteiger partial charge on any atom is -0.369 e. The van der Waals surface area contributed by atoms with Gasteiger partial charge in [-0.1, -0.05) is 6.92 Å². The van der Waals surface area contributed by atoms with Crippen LogP contribution in [0.2, 0.25) is 0 Å². The maximum Gasteiger partial charge on any atom is 0.246 e. The van der Waals surface area contributed by atoms with E-state index in [1.807, 2.05) is 27.7 Å². The molecule has 1 unspecified atom stereocenters. The van der Waals surface area contributed by atoms with Crippen LogP contribution in [0.1, 0.15) is 34.1 Å². The molecule has 0 aliphatic carbocycles. The predicted molar refractivity (Wildman–Crippen MR) is 58.6 cm³/mol. The number of ether oxygens (including phenoxy) is 1. The van der Waals surface area contributed by atoms with Crippen LogP contribution in [0.3, 0.4) is 0 Å². The van der Waals surface area contributed by atoms with Crippen molar-refractivity contribution in [1.29, 1.82) is 0 Å². The van der Waals surface area contributed by atoms with E-state index in [-0.39, 0.29) is 24.2 Å². The molecule has 0 rings (SSSR count). The first-order chi connectivity index (χ1) is 6.43. The molecule has 84 valence electrons. The molecular formula is C10H20ClNO2. The molecule has 1 N–H and O–H groups in total. The highest BCUT2D eigenvalue weighted by Crippen LogP contribution is 2.10. The van der Waals surface area contributed by atoms with Crippen LogP contribution in [0.15, 0.2) is 0 Å². The molecule has 0 spiro atoms. The third kappa shape index (κ3) is 5.45. The number of halogens is 1. The summed E-state index contributed by atoms with van der Waals surface area (Å²) in [5.41, 5.74) is -0.320. The molecule has 4 heteroatoms. The Hall–Kier alpha value is -0.280. The van der Waals surface area contributed by atoms with E-state index in [1.165, 1.54) is 0 Å². The Morgan fingerprint density at radius 2 is 2.14 bits per heavy atom. The maximum atomic E-state index is 11.4. The van der Waals surface area contributed by atoms with Crippen molar-refractivity contribution in [3.63, 3.8) is 0 Å². The highest BCUT2D eigenvalue weighted by molar-refractivity contribution is 6.18. The number of alkyl halides is 1. The third-order valence-corrected chi connectivity index (χ3v) is 2.65. The average molecular weight is 222 g/mol. The summed E-state index contributed by atoms with van der Waals surface area (Å²) in [5.74, 6) is 0.306. The van der Waals surface area contributed by atoms with Gasteiger partial charge < -0.3 is 10.1 Å². The summed E-state index contributed by atoms with van der Waals surface area (Å²) >= 11 is 5.76. The summed E-state index contributed by atoms with van der Waals surface area (Å²) in [4.78, 5) is 11.4. The van der Waals surface area contributed by atoms with Crippen LogP contribution in [-0.2, 0) is 9.53 Å². The summed E-state index contributed by atoms with van der Waals surface area (Å²) in [6.45, 7) is 7.81. The second-order valence-electron chi connectivity index (χ2n) is 3.96. The van der Waals surface area contributed by atoms with Gasteiger partial charge >= 0.3 is 0 Å². The molecule has 0 bridgehead atoms. The molecule has 0 saturated heterocycles. The first kappa shape index (κ1) is 13.7. The normalized spacial score (nSPS) is 15.3. The molecule has 0 aromatic rings. The highest BCUT2D eigenvalue weighted by atomic mass is 35.5. The van der Waals surface area contributed by atoms with Gasteiger partial charge in [-0.15, -0.1) is 11.6 Å². The van der Waals surface area contributed by atoms with Crippen LogP contribution in [0, 0.1) is 0 Å². The average Bonchev–Trinajstić information content (AvgIpc) is 2.14. The van der Waals surface area contributed by atoms with Crippen LogP contribution >= 0.6 is 11.6 Å². The van der Waals surface area contributed by atoms with Gasteiger partial charge in [0.25, 0.3) is 0 Å². The van der Waals surface area contributed by atoms with Gasteiger partial charge in [0, 0.05) is 5.88 Å². The van der Waals surface area contributed by atoms with Crippen molar-refractivity contribution in [2.75, 3.05) is 12.5 Å². The number of carbonyl (C=O) groups is 1. The summed E-state index contributed by atoms with van der Waals surface area (Å²) in [6, 6.07) is 0. The number of hydrogen-bond donors (Lipinski definition) is 1. The Balaban J connectivity index is 3.92. The van der Waals surface area contributed by atoms with Gasteiger partial charge in [0.2, 0.25) is 5.91 Å². The summed E-state index contributed by atoms with van der Waals surface area (Å²) in [6.07, 6.45) is 0.883. The summed E-state index contributed by atoms with van der Waals surface area (Å²) < 4.78 is 5.18. The Bertz CT molecular complexity index is 179. The Morgan fingerprint density at radius 1 is 1.57 bits per heavy atom. The molecule has 3 nitrogen and oxygen atoms in total. The Labute approximate surface area is 91.2 Å². The van der Waals surface area contributed by atoms with Crippen LogP contribution in [0.25, 0.3) is 0 Å². The number of nitrogens with one attached hydrogen (secondary N) is 1. The second-order valence-corrected chi connectivity index (χ2v) is 4.22. The molecule has 0 aromatic carbocycles. The van der Waals surface area contributed by atoms with Gasteiger partial charge in [0.15, 0.2) is 0 Å². The zero-order chi connectivity index (χ0) is 11.2. The Kier molecular flexibility index (Phi) is 6.12. The van der Waals surface area contributed by atoms with Crippen molar-refractivity contribution >= 4 is 17.5 Å². The zero-order valence-corrected chi connectivity index (χ0v) is 10.1. The smallest absolute Gasteiger partial charge is 0.246 e. The van der Waals surface area contributed by atoms with E-state index >= 15 is 0 Å². The van der Waals surface area contributed by atoms with E-state index in [9.17, 15) is 4.79 Å². The molecule has 0 saturated carbocycles. The fraction of sp³-hybridized carbons (Fsp3) is 0.900. The van der Waals surface area contributed by atoms with Crippen molar-refractivity contribution in [2.45, 2.75) is 45.8 Å². The van der Waals surface area contributed by atoms with Gasteiger partial charge in [-0.3, -0.25) is 4.79 Å². The number of carbonyl (C=O) groups excluding carboxylic acids is 1. The monoisotopic (exact) mass is 221 g/mol. The minimum atomic E-state index is -0.320. The number of hydrogen-bond acceptors (Lipinski definition) is 2. The molecule has 1 amide bonds. The third-order valence-electron chi connectivity index (χ3n) is 2.06. The van der Waals surface area contributed by atoms with E-state index in [0.29, 0.717) is 5.88 Å². The lowest BCUT2D eigenvalue weighted by Gasteiger charge is -2.27. The van der Waals surface area contributed by atoms with Gasteiger partial charge in [-0.25, -0.2) is 0 Å². The van der Waals surface area contributed by atoms with Crippen molar-refractivity contribution in [1.82, 2.24) is 5.32 Å². The quantitative estimate of drug-likeness (QED) is 0.697. The number of rotatable bonds is 6. The molecule has 0 aliphatic heterocycles. The number of amides is 1. The van der Waals surface area contributed by atoms with Crippen LogP contribution in [0.4, 0.5) is 0 Å². The fourth-order valence-corrected chi connectivity index (χ4v) is 1.09. The standard InChI is InChI=1S/C10H20ClNO2/c1-5-10(4,7-11)12-9(13)6-14-8(2)3/h8H,5-7H2,1-4H3,(H,12,13). The van der Waals surface area contributed by atoms with E-state index in [0.717, 1.165) is 6.42 Å². The molecule has 0 fully saturated rings. The summed E-state index contributed by atoms with van der Waals surface area (Å²) in [5, 5.41) is 2.85. The predicted octanol–water partition coefficient (Wildman–Crippen LogP) is 1.94. The lowest BCUT2D eigenvalue weighted by molar-refractivity contribution is -0.128. The largest absolute Gasteiger partial charge is 0.369 e. The van der Waals surface area contributed by atoms with E-state index in [4.69, 9.17) is 16.3 Å². The second kappa shape index (κ2) is 6.25. The fourth-order valence-electron chi connectivity index (χ4n) is 0.831. The molecular weight excluding hydrogens is 202 g/mol. The van der Waals surface area contributed by atoms with Gasteiger partial charge in [0.05, 0.1) is 11.6 Å².